The topological polar surface area (TPSA) is 53.5 Å². The molecule has 4 rings (SSSR count). The number of anilines is 1. The Balaban J connectivity index is 1.44. The molecular weight excluding hydrogens is 314 g/mol. The molecule has 5 heteroatoms. The minimum atomic E-state index is 0.0535. The summed E-state index contributed by atoms with van der Waals surface area (Å²) >= 11 is 0. The fourth-order valence-corrected chi connectivity index (χ4v) is 3.69. The molecule has 0 bridgehead atoms. The lowest BCUT2D eigenvalue weighted by molar-refractivity contribution is -0.117. The molecule has 0 spiro atoms. The van der Waals surface area contributed by atoms with Gasteiger partial charge in [-0.25, -0.2) is 0 Å². The van der Waals surface area contributed by atoms with Gasteiger partial charge in [0.1, 0.15) is 0 Å². The molecule has 2 amide bonds. The summed E-state index contributed by atoms with van der Waals surface area (Å²) < 4.78 is 0. The van der Waals surface area contributed by atoms with Crippen molar-refractivity contribution in [2.75, 3.05) is 24.5 Å². The second kappa shape index (κ2) is 6.67. The number of likely N-dealkylation sites (tertiary alicyclic amines) is 1. The minimum absolute atomic E-state index is 0.0535. The highest BCUT2D eigenvalue weighted by atomic mass is 16.2. The molecule has 1 aromatic heterocycles. The van der Waals surface area contributed by atoms with Gasteiger partial charge in [-0.1, -0.05) is 6.07 Å². The second-order valence-corrected chi connectivity index (χ2v) is 6.69. The zero-order valence-corrected chi connectivity index (χ0v) is 14.1. The predicted molar refractivity (Wildman–Crippen MR) is 95.5 cm³/mol. The van der Waals surface area contributed by atoms with E-state index >= 15 is 0 Å². The molecule has 1 unspecified atom stereocenters. The maximum Gasteiger partial charge on any atom is 0.253 e. The van der Waals surface area contributed by atoms with Gasteiger partial charge in [0.25, 0.3) is 5.91 Å². The Bertz CT molecular complexity index is 773. The summed E-state index contributed by atoms with van der Waals surface area (Å²) in [7, 11) is 0. The Morgan fingerprint density at radius 3 is 2.60 bits per heavy atom. The molecule has 2 aliphatic rings. The first-order chi connectivity index (χ1) is 12.2. The van der Waals surface area contributed by atoms with Crippen LogP contribution in [0.4, 0.5) is 5.69 Å². The van der Waals surface area contributed by atoms with Crippen molar-refractivity contribution in [1.29, 1.82) is 0 Å². The summed E-state index contributed by atoms with van der Waals surface area (Å²) in [5, 5.41) is 0. The average molecular weight is 335 g/mol. The number of carbonyl (C=O) groups is 2. The Morgan fingerprint density at radius 1 is 1.08 bits per heavy atom. The van der Waals surface area contributed by atoms with Gasteiger partial charge in [0, 0.05) is 55.1 Å². The average Bonchev–Trinajstić information content (AvgIpc) is 3.31. The summed E-state index contributed by atoms with van der Waals surface area (Å²) in [4.78, 5) is 32.7. The SMILES string of the molecule is O=C(c1ccc(N2CCCC2=O)cc1)N1CCC(c2ccccn2)C1. The van der Waals surface area contributed by atoms with Crippen LogP contribution < -0.4 is 4.90 Å². The lowest BCUT2D eigenvalue weighted by Gasteiger charge is -2.18. The van der Waals surface area contributed by atoms with E-state index < -0.39 is 0 Å². The van der Waals surface area contributed by atoms with E-state index in [1.807, 2.05) is 47.4 Å². The summed E-state index contributed by atoms with van der Waals surface area (Å²) in [6, 6.07) is 13.3. The maximum atomic E-state index is 12.7. The minimum Gasteiger partial charge on any atom is -0.338 e. The van der Waals surface area contributed by atoms with Crippen LogP contribution in [0.25, 0.3) is 0 Å². The lowest BCUT2D eigenvalue weighted by Crippen LogP contribution is -2.28. The molecule has 128 valence electrons. The van der Waals surface area contributed by atoms with Crippen LogP contribution in [0, 0.1) is 0 Å². The third kappa shape index (κ3) is 3.14. The standard InChI is InChI=1S/C20H21N3O2/c24-19-5-3-12-23(19)17-8-6-15(7-9-17)20(25)22-13-10-16(14-22)18-4-1-2-11-21-18/h1-2,4,6-9,11,16H,3,5,10,12-14H2. The first-order valence-electron chi connectivity index (χ1n) is 8.83. The van der Waals surface area contributed by atoms with Gasteiger partial charge in [0.15, 0.2) is 0 Å². The molecule has 1 aromatic carbocycles. The number of hydrogen-bond acceptors (Lipinski definition) is 3. The summed E-state index contributed by atoms with van der Waals surface area (Å²) in [5.41, 5.74) is 2.62. The van der Waals surface area contributed by atoms with Crippen LogP contribution in [0.1, 0.15) is 41.2 Å². The first-order valence-corrected chi connectivity index (χ1v) is 8.83. The highest BCUT2D eigenvalue weighted by Gasteiger charge is 2.29. The van der Waals surface area contributed by atoms with Crippen molar-refractivity contribution < 1.29 is 9.59 Å². The van der Waals surface area contributed by atoms with Crippen molar-refractivity contribution in [3.05, 3.63) is 59.9 Å². The van der Waals surface area contributed by atoms with Crippen LogP contribution in [0.15, 0.2) is 48.7 Å². The van der Waals surface area contributed by atoms with Gasteiger partial charge >= 0.3 is 0 Å². The van der Waals surface area contributed by atoms with E-state index in [2.05, 4.69) is 4.98 Å². The van der Waals surface area contributed by atoms with E-state index in [1.165, 1.54) is 0 Å². The third-order valence-corrected chi connectivity index (χ3v) is 5.08. The van der Waals surface area contributed by atoms with Gasteiger partial charge in [-0.2, -0.15) is 0 Å². The van der Waals surface area contributed by atoms with Crippen molar-refractivity contribution >= 4 is 17.5 Å². The van der Waals surface area contributed by atoms with Crippen molar-refractivity contribution in [2.45, 2.75) is 25.2 Å². The van der Waals surface area contributed by atoms with Crippen LogP contribution in [0.2, 0.25) is 0 Å². The van der Waals surface area contributed by atoms with E-state index in [4.69, 9.17) is 0 Å². The predicted octanol–water partition coefficient (Wildman–Crippen LogP) is 2.84. The van der Waals surface area contributed by atoms with E-state index in [9.17, 15) is 9.59 Å². The first kappa shape index (κ1) is 15.8. The van der Waals surface area contributed by atoms with Crippen molar-refractivity contribution in [2.24, 2.45) is 0 Å². The van der Waals surface area contributed by atoms with E-state index in [-0.39, 0.29) is 11.8 Å². The number of benzene rings is 1. The molecule has 0 aliphatic carbocycles. The molecule has 2 saturated heterocycles. The molecule has 5 nitrogen and oxygen atoms in total. The Kier molecular flexibility index (Phi) is 4.22. The van der Waals surface area contributed by atoms with Gasteiger partial charge < -0.3 is 9.80 Å². The number of rotatable bonds is 3. The molecular formula is C20H21N3O2. The largest absolute Gasteiger partial charge is 0.338 e. The fourth-order valence-electron chi connectivity index (χ4n) is 3.69. The molecule has 2 aromatic rings. The molecule has 2 aliphatic heterocycles. The summed E-state index contributed by atoms with van der Waals surface area (Å²) in [5.74, 6) is 0.529. The molecule has 3 heterocycles. The molecule has 0 radical (unpaired) electrons. The van der Waals surface area contributed by atoms with Crippen LogP contribution >= 0.6 is 0 Å². The number of pyridine rings is 1. The van der Waals surface area contributed by atoms with Crippen LogP contribution in [0.3, 0.4) is 0 Å². The number of carbonyl (C=O) groups excluding carboxylic acids is 2. The Labute approximate surface area is 147 Å². The molecule has 2 fully saturated rings. The lowest BCUT2D eigenvalue weighted by atomic mass is 10.0. The third-order valence-electron chi connectivity index (χ3n) is 5.08. The van der Waals surface area contributed by atoms with Crippen molar-refractivity contribution in [1.82, 2.24) is 9.88 Å². The van der Waals surface area contributed by atoms with E-state index in [0.717, 1.165) is 37.3 Å². The van der Waals surface area contributed by atoms with E-state index in [1.54, 1.807) is 11.1 Å². The van der Waals surface area contributed by atoms with Gasteiger partial charge in [0.05, 0.1) is 0 Å². The number of nitrogens with zero attached hydrogens (tertiary/aromatic N) is 3. The molecule has 0 N–H and O–H groups in total. The summed E-state index contributed by atoms with van der Waals surface area (Å²) in [6.45, 7) is 2.23. The van der Waals surface area contributed by atoms with Gasteiger partial charge in [-0.3, -0.25) is 14.6 Å². The fraction of sp³-hybridized carbons (Fsp3) is 0.350. The van der Waals surface area contributed by atoms with E-state index in [0.29, 0.717) is 24.4 Å². The van der Waals surface area contributed by atoms with Gasteiger partial charge in [-0.05, 0) is 49.2 Å². The quantitative estimate of drug-likeness (QED) is 0.867. The van der Waals surface area contributed by atoms with Crippen LogP contribution in [-0.4, -0.2) is 41.3 Å². The summed E-state index contributed by atoms with van der Waals surface area (Å²) in [6.07, 6.45) is 4.27. The number of aromatic nitrogens is 1. The smallest absolute Gasteiger partial charge is 0.253 e. The van der Waals surface area contributed by atoms with Gasteiger partial charge in [-0.15, -0.1) is 0 Å². The molecule has 25 heavy (non-hydrogen) atoms. The normalized spacial score (nSPS) is 20.3. The zero-order chi connectivity index (χ0) is 17.2. The second-order valence-electron chi connectivity index (χ2n) is 6.69. The maximum absolute atomic E-state index is 12.7. The highest BCUT2D eigenvalue weighted by molar-refractivity contribution is 5.97. The highest BCUT2D eigenvalue weighted by Crippen LogP contribution is 2.27. The van der Waals surface area contributed by atoms with Crippen molar-refractivity contribution in [3.8, 4) is 0 Å². The molecule has 0 saturated carbocycles. The van der Waals surface area contributed by atoms with Crippen molar-refractivity contribution in [3.63, 3.8) is 0 Å². The van der Waals surface area contributed by atoms with Gasteiger partial charge in [0.2, 0.25) is 5.91 Å². The Hall–Kier alpha value is -2.69. The number of amides is 2. The molecule has 1 atom stereocenters. The monoisotopic (exact) mass is 335 g/mol. The van der Waals surface area contributed by atoms with Crippen LogP contribution in [-0.2, 0) is 4.79 Å². The van der Waals surface area contributed by atoms with Crippen LogP contribution in [0.5, 0.6) is 0 Å². The zero-order valence-electron chi connectivity index (χ0n) is 14.1. The number of hydrogen-bond donors (Lipinski definition) is 0. The Morgan fingerprint density at radius 2 is 1.92 bits per heavy atom.